The number of thiophene rings is 2. The fourth-order valence-electron chi connectivity index (χ4n) is 5.85. The van der Waals surface area contributed by atoms with Crippen LogP contribution in [-0.4, -0.2) is 70.9 Å². The van der Waals surface area contributed by atoms with Crippen LogP contribution in [0.1, 0.15) is 12.8 Å². The third-order valence-corrected chi connectivity index (χ3v) is 12.3. The number of nitrogens with zero attached hydrogens (tertiary/aromatic N) is 7. The molecule has 1 aromatic carbocycles. The van der Waals surface area contributed by atoms with Crippen molar-refractivity contribution in [3.05, 3.63) is 110 Å². The van der Waals surface area contributed by atoms with E-state index in [4.69, 9.17) is 35.9 Å². The summed E-state index contributed by atoms with van der Waals surface area (Å²) in [6.45, 7) is 5.82. The minimum absolute atomic E-state index is 0. The van der Waals surface area contributed by atoms with Crippen molar-refractivity contribution >= 4 is 65.3 Å². The zero-order valence-corrected chi connectivity index (χ0v) is 36.3. The number of nitrogen functional groups attached to an aromatic ring is 2. The molecule has 8 rings (SSSR count). The maximum absolute atomic E-state index is 13.6. The molecule has 0 bridgehead atoms. The minimum Gasteiger partial charge on any atom is -0.419 e. The van der Waals surface area contributed by atoms with Crippen LogP contribution in [0, 0.1) is 18.1 Å². The topological polar surface area (TPSA) is 170 Å². The van der Waals surface area contributed by atoms with Gasteiger partial charge in [0.25, 0.3) is 0 Å². The monoisotopic (exact) mass is 1010 g/mol. The predicted octanol–water partition coefficient (Wildman–Crippen LogP) is 8.04. The number of aromatic nitrogens is 7. The maximum atomic E-state index is 13.6. The Hall–Kier alpha value is -4.88. The Morgan fingerprint density at radius 1 is 0.879 bits per heavy atom. The molecule has 0 saturated carbocycles. The first-order valence-electron chi connectivity index (χ1n) is 17.9. The molecule has 0 amide bonds. The van der Waals surface area contributed by atoms with Crippen molar-refractivity contribution < 1.29 is 37.9 Å². The normalized spacial score (nSPS) is 11.6. The fourth-order valence-corrected chi connectivity index (χ4v) is 9.22. The molecule has 300 valence electrons. The summed E-state index contributed by atoms with van der Waals surface area (Å²) >= 11 is 2.72. The van der Waals surface area contributed by atoms with Gasteiger partial charge in [0, 0.05) is 93.5 Å². The van der Waals surface area contributed by atoms with E-state index in [-0.39, 0.29) is 25.6 Å². The number of anilines is 2. The van der Waals surface area contributed by atoms with Crippen LogP contribution in [0.25, 0.3) is 65.6 Å². The average molecular weight is 1010 g/mol. The first-order valence-corrected chi connectivity index (χ1v) is 20.8. The second kappa shape index (κ2) is 20.2. The predicted molar refractivity (Wildman–Crippen MR) is 226 cm³/mol. The number of ether oxygens (including phenoxy) is 2. The van der Waals surface area contributed by atoms with Gasteiger partial charge in [-0.3, -0.25) is 25.5 Å². The standard InChI is InChI=1S/C25H26FN4O3S2.C16H12N5S.Os/c1-2-11-32-13-14-33-12-4-15-35(31)25-21(27)20-22(17-6-8-19(26)9-7-17)29-23(30-24(20)34-25)18-5-3-10-28-16-18;1-21-7-14(19-9-21)11-5-13(10-3-2-4-18-6-10)20-16-15(11)12(17)8-22-16;/h3,5-10,16H,1-2,4,11-15,27H2;2-7,9H,17H2,1H3;/q2*-1;/t35-;;/m1../s1. The number of halogens is 1. The number of hydrogen-bond donors (Lipinski definition) is 2. The Labute approximate surface area is 358 Å². The van der Waals surface area contributed by atoms with E-state index in [1.54, 1.807) is 49.3 Å². The summed E-state index contributed by atoms with van der Waals surface area (Å²) in [5.74, 6) is 0.534. The maximum Gasteiger partial charge on any atom is 0.162 e. The summed E-state index contributed by atoms with van der Waals surface area (Å²) < 4.78 is 40.0. The third-order valence-electron chi connectivity index (χ3n) is 8.53. The van der Waals surface area contributed by atoms with Crippen molar-refractivity contribution in [1.82, 2.24) is 34.5 Å². The SMILES string of the molecule is Cn1cnc(-c2cc(-c3cccnc3)nc3s[c-]c(N)c23)c1.[CH2-]CCOCCOCCC[S@@](=O)c1sc2nc(-c3cccnc3)nc(-c3ccc(F)cc3)c2c1N.[Os]. The Morgan fingerprint density at radius 2 is 1.60 bits per heavy atom. The summed E-state index contributed by atoms with van der Waals surface area (Å²) in [7, 11) is 0.621. The molecule has 0 radical (unpaired) electrons. The van der Waals surface area contributed by atoms with Gasteiger partial charge < -0.3 is 37.4 Å². The second-order valence-electron chi connectivity index (χ2n) is 12.6. The van der Waals surface area contributed by atoms with Gasteiger partial charge in [-0.25, -0.2) is 19.3 Å². The molecule has 0 aliphatic rings. The van der Waals surface area contributed by atoms with Crippen molar-refractivity contribution in [2.24, 2.45) is 7.05 Å². The first kappa shape index (κ1) is 42.7. The van der Waals surface area contributed by atoms with Crippen LogP contribution in [0.2, 0.25) is 0 Å². The molecule has 4 N–H and O–H groups in total. The van der Waals surface area contributed by atoms with Gasteiger partial charge in [0.2, 0.25) is 0 Å². The number of aryl methyl sites for hydroxylation is 1. The van der Waals surface area contributed by atoms with Crippen molar-refractivity contribution in [1.29, 1.82) is 0 Å². The molecule has 1 atom stereocenters. The van der Waals surface area contributed by atoms with Crippen molar-refractivity contribution in [2.75, 3.05) is 43.6 Å². The van der Waals surface area contributed by atoms with E-state index >= 15 is 0 Å². The summed E-state index contributed by atoms with van der Waals surface area (Å²) in [6, 6.07) is 15.6. The molecule has 7 heterocycles. The zero-order chi connectivity index (χ0) is 39.7. The minimum atomic E-state index is -1.32. The zero-order valence-electron chi connectivity index (χ0n) is 31.3. The van der Waals surface area contributed by atoms with Crippen molar-refractivity contribution in [3.8, 4) is 45.2 Å². The fraction of sp³-hybridized carbons (Fsp3) is 0.195. The molecular formula is C41H38FN9O3OsS3-2. The van der Waals surface area contributed by atoms with E-state index in [2.05, 4.69) is 27.3 Å². The molecule has 12 nitrogen and oxygen atoms in total. The van der Waals surface area contributed by atoms with E-state index in [0.29, 0.717) is 81.5 Å². The molecule has 0 aliphatic carbocycles. The molecule has 58 heavy (non-hydrogen) atoms. The molecule has 0 unspecified atom stereocenters. The first-order chi connectivity index (χ1) is 27.8. The van der Waals surface area contributed by atoms with Crippen LogP contribution in [0.4, 0.5) is 15.8 Å². The van der Waals surface area contributed by atoms with Crippen LogP contribution in [0.15, 0.2) is 96.1 Å². The summed E-state index contributed by atoms with van der Waals surface area (Å²) in [5, 5.41) is 4.61. The molecule has 0 fully saturated rings. The van der Waals surface area contributed by atoms with E-state index in [0.717, 1.165) is 44.7 Å². The molecule has 0 spiro atoms. The summed E-state index contributed by atoms with van der Waals surface area (Å²) in [6.07, 6.45) is 12.0. The van der Waals surface area contributed by atoms with Crippen molar-refractivity contribution in [2.45, 2.75) is 17.1 Å². The largest absolute Gasteiger partial charge is 0.419 e. The molecule has 0 aliphatic heterocycles. The van der Waals surface area contributed by atoms with Crippen LogP contribution in [-0.2, 0) is 47.1 Å². The number of hydrogen-bond acceptors (Lipinski definition) is 13. The van der Waals surface area contributed by atoms with Crippen LogP contribution >= 0.6 is 22.7 Å². The quantitative estimate of drug-likeness (QED) is 0.0799. The van der Waals surface area contributed by atoms with Gasteiger partial charge in [-0.05, 0) is 65.8 Å². The number of fused-ring (bicyclic) bond motifs is 2. The number of pyridine rings is 3. The van der Waals surface area contributed by atoms with Gasteiger partial charge in [0.15, 0.2) is 5.82 Å². The van der Waals surface area contributed by atoms with Crippen molar-refractivity contribution in [3.63, 3.8) is 0 Å². The van der Waals surface area contributed by atoms with Gasteiger partial charge in [-0.15, -0.1) is 16.7 Å². The van der Waals surface area contributed by atoms with Gasteiger partial charge in [0.05, 0.1) is 58.5 Å². The van der Waals surface area contributed by atoms with E-state index in [9.17, 15) is 8.60 Å². The van der Waals surface area contributed by atoms with E-state index in [1.807, 2.05) is 42.1 Å². The Kier molecular flexibility index (Phi) is 14.9. The Morgan fingerprint density at radius 3 is 2.28 bits per heavy atom. The Bertz CT molecular complexity index is 2610. The van der Waals surface area contributed by atoms with Gasteiger partial charge in [0.1, 0.15) is 14.9 Å². The van der Waals surface area contributed by atoms with E-state index < -0.39 is 10.8 Å². The molecular weight excluding hydrogens is 972 g/mol. The number of rotatable bonds is 14. The smallest absolute Gasteiger partial charge is 0.162 e. The summed E-state index contributed by atoms with van der Waals surface area (Å²) in [5.41, 5.74) is 19.2. The molecule has 7 aromatic heterocycles. The third kappa shape index (κ3) is 10.0. The Balaban J connectivity index is 0.000000211. The molecule has 17 heteroatoms. The van der Waals surface area contributed by atoms with Gasteiger partial charge in [-0.1, -0.05) is 16.6 Å². The number of nitrogens with two attached hydrogens (primary N) is 2. The van der Waals surface area contributed by atoms with Gasteiger partial charge >= 0.3 is 0 Å². The van der Waals surface area contributed by atoms with E-state index in [1.165, 1.54) is 34.8 Å². The van der Waals surface area contributed by atoms with Crippen LogP contribution in [0.5, 0.6) is 0 Å². The molecule has 8 aromatic rings. The number of benzene rings is 1. The van der Waals surface area contributed by atoms with Crippen LogP contribution < -0.4 is 11.5 Å². The number of imidazole rings is 1. The van der Waals surface area contributed by atoms with Crippen LogP contribution in [0.3, 0.4) is 0 Å². The summed E-state index contributed by atoms with van der Waals surface area (Å²) in [4.78, 5) is 28.4. The second-order valence-corrected chi connectivity index (χ2v) is 16.2. The van der Waals surface area contributed by atoms with Gasteiger partial charge in [-0.2, -0.15) is 6.42 Å². The molecule has 0 saturated heterocycles. The average Bonchev–Trinajstić information content (AvgIpc) is 3.95.